The van der Waals surface area contributed by atoms with E-state index in [2.05, 4.69) is 223 Å². The predicted molar refractivity (Wildman–Crippen MR) is 245 cm³/mol. The van der Waals surface area contributed by atoms with E-state index in [1.807, 2.05) is 6.07 Å². The van der Waals surface area contributed by atoms with E-state index in [0.717, 1.165) is 55.7 Å². The van der Waals surface area contributed by atoms with Gasteiger partial charge in [0, 0.05) is 27.8 Å². The normalized spacial score (nSPS) is 11.4. The van der Waals surface area contributed by atoms with Gasteiger partial charge in [-0.2, -0.15) is 0 Å². The molecular weight excluding hydrogens is 703 g/mol. The van der Waals surface area contributed by atoms with Crippen molar-refractivity contribution in [3.8, 4) is 44.5 Å². The van der Waals surface area contributed by atoms with E-state index >= 15 is 0 Å². The van der Waals surface area contributed by atoms with Gasteiger partial charge in [-0.1, -0.05) is 158 Å². The average molecular weight is 740 g/mol. The lowest BCUT2D eigenvalue weighted by atomic mass is 9.91. The molecule has 0 aliphatic carbocycles. The molecule has 2 nitrogen and oxygen atoms in total. The van der Waals surface area contributed by atoms with Crippen LogP contribution in [0.5, 0.6) is 0 Å². The first-order chi connectivity index (χ1) is 28.7. The summed E-state index contributed by atoms with van der Waals surface area (Å²) in [6, 6.07) is 80.7. The molecule has 0 spiro atoms. The molecule has 0 fully saturated rings. The van der Waals surface area contributed by atoms with Crippen molar-refractivity contribution in [3.05, 3.63) is 224 Å². The molecule has 11 rings (SSSR count). The van der Waals surface area contributed by atoms with Crippen LogP contribution in [0, 0.1) is 0 Å². The Hall–Kier alpha value is -7.68. The average Bonchev–Trinajstić information content (AvgIpc) is 3.68. The number of fused-ring (bicyclic) bond motifs is 6. The summed E-state index contributed by atoms with van der Waals surface area (Å²) in [4.78, 5) is 2.36. The van der Waals surface area contributed by atoms with Gasteiger partial charge < -0.3 is 9.32 Å². The summed E-state index contributed by atoms with van der Waals surface area (Å²) < 4.78 is 6.49. The van der Waals surface area contributed by atoms with Crippen LogP contribution < -0.4 is 4.90 Å². The van der Waals surface area contributed by atoms with E-state index in [0.29, 0.717) is 0 Å². The monoisotopic (exact) mass is 739 g/mol. The highest BCUT2D eigenvalue weighted by Crippen LogP contribution is 2.43. The molecule has 0 amide bonds. The van der Waals surface area contributed by atoms with Crippen molar-refractivity contribution >= 4 is 60.5 Å². The van der Waals surface area contributed by atoms with E-state index in [1.54, 1.807) is 0 Å². The fourth-order valence-corrected chi connectivity index (χ4v) is 8.58. The van der Waals surface area contributed by atoms with Gasteiger partial charge in [-0.25, -0.2) is 0 Å². The highest BCUT2D eigenvalue weighted by molar-refractivity contribution is 6.22. The van der Waals surface area contributed by atoms with Crippen LogP contribution in [0.25, 0.3) is 88.0 Å². The molecule has 58 heavy (non-hydrogen) atoms. The standard InChI is InChI=1S/C56H37NO/c1-4-14-38(15-5-1)45-33-46(39-16-6-2-7-17-39)35-49(34-45)57(47-20-8-3-9-21-47)48-29-26-41(27-30-48)43-28-31-50-53(36-43)52(44-25-24-40-18-10-11-19-42(40)32-44)37-55-56(50)51-22-12-13-23-54(51)58-55/h1-37H. The molecule has 0 saturated carbocycles. The first-order valence-corrected chi connectivity index (χ1v) is 19.8. The molecule has 0 unspecified atom stereocenters. The number of para-hydroxylation sites is 2. The molecule has 0 N–H and O–H groups in total. The molecule has 1 heterocycles. The summed E-state index contributed by atoms with van der Waals surface area (Å²) >= 11 is 0. The van der Waals surface area contributed by atoms with Crippen molar-refractivity contribution in [2.75, 3.05) is 4.90 Å². The number of rotatable bonds is 7. The second kappa shape index (κ2) is 14.1. The summed E-state index contributed by atoms with van der Waals surface area (Å²) in [5, 5.41) is 7.13. The summed E-state index contributed by atoms with van der Waals surface area (Å²) in [5.41, 5.74) is 14.5. The van der Waals surface area contributed by atoms with Gasteiger partial charge in [-0.3, -0.25) is 0 Å². The van der Waals surface area contributed by atoms with Gasteiger partial charge in [-0.05, 0) is 133 Å². The zero-order valence-corrected chi connectivity index (χ0v) is 31.7. The molecule has 0 atom stereocenters. The molecular formula is C56H37NO. The Bertz CT molecular complexity index is 3200. The fourth-order valence-electron chi connectivity index (χ4n) is 8.58. The summed E-state index contributed by atoms with van der Waals surface area (Å²) in [5.74, 6) is 0. The van der Waals surface area contributed by atoms with Crippen molar-refractivity contribution in [3.63, 3.8) is 0 Å². The molecule has 10 aromatic carbocycles. The van der Waals surface area contributed by atoms with E-state index in [1.165, 1.54) is 49.4 Å². The number of furan rings is 1. The first kappa shape index (κ1) is 33.6. The van der Waals surface area contributed by atoms with E-state index < -0.39 is 0 Å². The Morgan fingerprint density at radius 3 is 1.57 bits per heavy atom. The molecule has 0 radical (unpaired) electrons. The molecule has 0 bridgehead atoms. The quantitative estimate of drug-likeness (QED) is 0.162. The molecule has 272 valence electrons. The van der Waals surface area contributed by atoms with E-state index in [4.69, 9.17) is 4.42 Å². The third kappa shape index (κ3) is 6.00. The predicted octanol–water partition coefficient (Wildman–Crippen LogP) is 16.0. The maximum atomic E-state index is 6.49. The zero-order chi connectivity index (χ0) is 38.4. The van der Waals surface area contributed by atoms with Crippen LogP contribution in [0.15, 0.2) is 229 Å². The molecule has 2 heteroatoms. The number of anilines is 3. The Labute approximate surface area is 337 Å². The number of hydrogen-bond donors (Lipinski definition) is 0. The number of benzene rings is 10. The Kier molecular flexibility index (Phi) is 8.19. The van der Waals surface area contributed by atoms with Crippen LogP contribution in [-0.2, 0) is 0 Å². The maximum Gasteiger partial charge on any atom is 0.136 e. The SMILES string of the molecule is c1ccc(-c2cc(-c3ccccc3)cc(N(c3ccccc3)c3ccc(-c4ccc5c(c4)c(-c4ccc6ccccc6c4)cc4oc6ccccc6c45)cc3)c2)cc1. The third-order valence-corrected chi connectivity index (χ3v) is 11.4. The van der Waals surface area contributed by atoms with Gasteiger partial charge in [-0.15, -0.1) is 0 Å². The summed E-state index contributed by atoms with van der Waals surface area (Å²) in [6.45, 7) is 0. The molecule has 0 aliphatic heterocycles. The van der Waals surface area contributed by atoms with Crippen LogP contribution in [0.3, 0.4) is 0 Å². The maximum absolute atomic E-state index is 6.49. The van der Waals surface area contributed by atoms with Crippen LogP contribution in [0.1, 0.15) is 0 Å². The van der Waals surface area contributed by atoms with Crippen LogP contribution in [0.4, 0.5) is 17.1 Å². The van der Waals surface area contributed by atoms with Crippen molar-refractivity contribution in [2.45, 2.75) is 0 Å². The van der Waals surface area contributed by atoms with Crippen molar-refractivity contribution in [1.29, 1.82) is 0 Å². The Balaban J connectivity index is 1.06. The number of hydrogen-bond acceptors (Lipinski definition) is 2. The largest absolute Gasteiger partial charge is 0.456 e. The summed E-state index contributed by atoms with van der Waals surface area (Å²) in [7, 11) is 0. The minimum Gasteiger partial charge on any atom is -0.456 e. The lowest BCUT2D eigenvalue weighted by Gasteiger charge is -2.27. The zero-order valence-electron chi connectivity index (χ0n) is 31.7. The fraction of sp³-hybridized carbons (Fsp3) is 0. The van der Waals surface area contributed by atoms with Gasteiger partial charge >= 0.3 is 0 Å². The Morgan fingerprint density at radius 1 is 0.276 bits per heavy atom. The highest BCUT2D eigenvalue weighted by atomic mass is 16.3. The van der Waals surface area contributed by atoms with Crippen molar-refractivity contribution in [2.24, 2.45) is 0 Å². The van der Waals surface area contributed by atoms with Gasteiger partial charge in [0.25, 0.3) is 0 Å². The number of nitrogens with zero attached hydrogens (tertiary/aromatic N) is 1. The highest BCUT2D eigenvalue weighted by Gasteiger charge is 2.18. The topological polar surface area (TPSA) is 16.4 Å². The minimum atomic E-state index is 0.904. The second-order valence-corrected chi connectivity index (χ2v) is 14.9. The third-order valence-electron chi connectivity index (χ3n) is 11.4. The lowest BCUT2D eigenvalue weighted by molar-refractivity contribution is 0.669. The molecule has 0 saturated heterocycles. The second-order valence-electron chi connectivity index (χ2n) is 14.9. The first-order valence-electron chi connectivity index (χ1n) is 19.8. The minimum absolute atomic E-state index is 0.904. The molecule has 11 aromatic rings. The van der Waals surface area contributed by atoms with Gasteiger partial charge in [0.1, 0.15) is 11.2 Å². The van der Waals surface area contributed by atoms with Gasteiger partial charge in [0.15, 0.2) is 0 Å². The van der Waals surface area contributed by atoms with Crippen LogP contribution in [0.2, 0.25) is 0 Å². The lowest BCUT2D eigenvalue weighted by Crippen LogP contribution is -2.10. The van der Waals surface area contributed by atoms with Crippen molar-refractivity contribution < 1.29 is 4.42 Å². The molecule has 1 aromatic heterocycles. The van der Waals surface area contributed by atoms with E-state index in [-0.39, 0.29) is 0 Å². The Morgan fingerprint density at radius 2 is 0.845 bits per heavy atom. The van der Waals surface area contributed by atoms with Crippen molar-refractivity contribution in [1.82, 2.24) is 0 Å². The van der Waals surface area contributed by atoms with Crippen LogP contribution in [-0.4, -0.2) is 0 Å². The summed E-state index contributed by atoms with van der Waals surface area (Å²) in [6.07, 6.45) is 0. The smallest absolute Gasteiger partial charge is 0.136 e. The molecule has 0 aliphatic rings. The van der Waals surface area contributed by atoms with Gasteiger partial charge in [0.05, 0.1) is 0 Å². The van der Waals surface area contributed by atoms with Crippen LogP contribution >= 0.6 is 0 Å². The van der Waals surface area contributed by atoms with Gasteiger partial charge in [0.2, 0.25) is 0 Å². The van der Waals surface area contributed by atoms with E-state index in [9.17, 15) is 0 Å².